The van der Waals surface area contributed by atoms with Gasteiger partial charge < -0.3 is 5.32 Å². The molecule has 154 valence electrons. The fourth-order valence-corrected chi connectivity index (χ4v) is 5.30. The van der Waals surface area contributed by atoms with Gasteiger partial charge in [-0.1, -0.05) is 18.6 Å². The minimum atomic E-state index is -0.916. The number of fused-ring (bicyclic) bond motifs is 2. The maximum Gasteiger partial charge on any atom is 0.334 e. The largest absolute Gasteiger partial charge is 0.334 e. The van der Waals surface area contributed by atoms with Crippen molar-refractivity contribution in [3.63, 3.8) is 0 Å². The molecule has 1 aromatic rings. The number of nitrogens with zero attached hydrogens (tertiary/aromatic N) is 2. The molecule has 7 nitrogen and oxygen atoms in total. The van der Waals surface area contributed by atoms with E-state index in [2.05, 4.69) is 5.32 Å². The zero-order chi connectivity index (χ0) is 20.9. The van der Waals surface area contributed by atoms with Crippen molar-refractivity contribution in [2.75, 3.05) is 11.9 Å². The molecule has 0 spiro atoms. The van der Waals surface area contributed by atoms with Crippen LogP contribution in [0.3, 0.4) is 0 Å². The van der Waals surface area contributed by atoms with Gasteiger partial charge in [0.05, 0.1) is 0 Å². The summed E-state index contributed by atoms with van der Waals surface area (Å²) in [4.78, 5) is 52.2. The maximum atomic E-state index is 12.9. The molecule has 29 heavy (non-hydrogen) atoms. The van der Waals surface area contributed by atoms with Crippen molar-refractivity contribution in [2.24, 2.45) is 17.8 Å². The van der Waals surface area contributed by atoms with Crippen LogP contribution in [0.2, 0.25) is 0 Å². The van der Waals surface area contributed by atoms with E-state index in [-0.39, 0.29) is 12.0 Å². The van der Waals surface area contributed by atoms with Gasteiger partial charge in [-0.2, -0.15) is 0 Å². The molecule has 0 aromatic heterocycles. The molecule has 0 radical (unpaired) electrons. The summed E-state index contributed by atoms with van der Waals surface area (Å²) < 4.78 is 0. The summed E-state index contributed by atoms with van der Waals surface area (Å²) in [6.45, 7) is 5.17. The van der Waals surface area contributed by atoms with Crippen LogP contribution in [0.4, 0.5) is 10.5 Å². The number of benzene rings is 1. The summed E-state index contributed by atoms with van der Waals surface area (Å²) in [6, 6.07) is 4.66. The predicted molar refractivity (Wildman–Crippen MR) is 107 cm³/mol. The Morgan fingerprint density at radius 1 is 1.14 bits per heavy atom. The first-order chi connectivity index (χ1) is 13.8. The molecule has 1 saturated heterocycles. The third-order valence-corrected chi connectivity index (χ3v) is 6.87. The summed E-state index contributed by atoms with van der Waals surface area (Å²) in [5.41, 5.74) is 2.50. The number of amides is 5. The predicted octanol–water partition coefficient (Wildman–Crippen LogP) is 2.86. The standard InChI is InChI=1S/C22H27N3O4/c1-12-4-5-13(2)18(8-12)23-19(26)11-24-20(27)21(28)25(22(24)29)14(3)17-10-15-6-7-16(17)9-15/h4-5,8,14-17H,6-7,9-11H2,1-3H3,(H,23,26)/t14-,15+,16+,17-/m1/s1. The van der Waals surface area contributed by atoms with Crippen LogP contribution >= 0.6 is 0 Å². The molecule has 3 fully saturated rings. The average Bonchev–Trinajstić information content (AvgIpc) is 3.36. The number of urea groups is 1. The Morgan fingerprint density at radius 2 is 1.90 bits per heavy atom. The van der Waals surface area contributed by atoms with Gasteiger partial charge in [0.25, 0.3) is 0 Å². The van der Waals surface area contributed by atoms with E-state index >= 15 is 0 Å². The maximum absolute atomic E-state index is 12.9. The van der Waals surface area contributed by atoms with E-state index in [4.69, 9.17) is 0 Å². The normalized spacial score (nSPS) is 27.1. The third kappa shape index (κ3) is 3.43. The molecule has 4 atom stereocenters. The molecule has 2 bridgehead atoms. The van der Waals surface area contributed by atoms with Gasteiger partial charge in [0, 0.05) is 11.7 Å². The Bertz CT molecular complexity index is 896. The fraction of sp³-hybridized carbons (Fsp3) is 0.545. The van der Waals surface area contributed by atoms with E-state index in [1.165, 1.54) is 6.42 Å². The van der Waals surface area contributed by atoms with E-state index in [0.29, 0.717) is 17.5 Å². The third-order valence-electron chi connectivity index (χ3n) is 6.87. The van der Waals surface area contributed by atoms with E-state index < -0.39 is 30.3 Å². The van der Waals surface area contributed by atoms with Crippen molar-refractivity contribution in [2.45, 2.75) is 52.5 Å². The molecule has 1 aliphatic heterocycles. The van der Waals surface area contributed by atoms with Gasteiger partial charge in [-0.25, -0.2) is 9.69 Å². The monoisotopic (exact) mass is 397 g/mol. The van der Waals surface area contributed by atoms with Gasteiger partial charge in [-0.15, -0.1) is 0 Å². The van der Waals surface area contributed by atoms with Crippen LogP contribution in [0.25, 0.3) is 0 Å². The second-order valence-electron chi connectivity index (χ2n) is 8.79. The highest BCUT2D eigenvalue weighted by molar-refractivity contribution is 6.45. The van der Waals surface area contributed by atoms with E-state index in [1.807, 2.05) is 39.0 Å². The Kier molecular flexibility index (Phi) is 4.92. The fourth-order valence-electron chi connectivity index (χ4n) is 5.30. The zero-order valence-corrected chi connectivity index (χ0v) is 17.1. The van der Waals surface area contributed by atoms with Crippen LogP contribution in [-0.4, -0.2) is 46.1 Å². The second-order valence-corrected chi connectivity index (χ2v) is 8.79. The molecular formula is C22H27N3O4. The van der Waals surface area contributed by atoms with Gasteiger partial charge in [-0.05, 0) is 75.0 Å². The summed E-state index contributed by atoms with van der Waals surface area (Å²) in [5, 5.41) is 2.74. The molecule has 1 heterocycles. The molecule has 2 saturated carbocycles. The molecule has 7 heteroatoms. The first-order valence-electron chi connectivity index (χ1n) is 10.3. The summed E-state index contributed by atoms with van der Waals surface area (Å²) in [6.07, 6.45) is 4.51. The lowest BCUT2D eigenvalue weighted by atomic mass is 9.83. The zero-order valence-electron chi connectivity index (χ0n) is 17.1. The number of aryl methyl sites for hydroxylation is 2. The van der Waals surface area contributed by atoms with E-state index in [1.54, 1.807) is 0 Å². The molecule has 0 unspecified atom stereocenters. The lowest BCUT2D eigenvalue weighted by molar-refractivity contribution is -0.144. The van der Waals surface area contributed by atoms with Gasteiger partial charge in [0.15, 0.2) is 0 Å². The summed E-state index contributed by atoms with van der Waals surface area (Å²) in [5.74, 6) is -0.783. The van der Waals surface area contributed by atoms with Crippen LogP contribution < -0.4 is 5.32 Å². The molecule has 5 amide bonds. The highest BCUT2D eigenvalue weighted by atomic mass is 16.2. The van der Waals surface area contributed by atoms with Crippen LogP contribution in [0, 0.1) is 31.6 Å². The van der Waals surface area contributed by atoms with Crippen LogP contribution in [-0.2, 0) is 14.4 Å². The number of carbonyl (C=O) groups excluding carboxylic acids is 4. The lowest BCUT2D eigenvalue weighted by Gasteiger charge is -2.32. The van der Waals surface area contributed by atoms with Crippen molar-refractivity contribution in [3.8, 4) is 0 Å². The number of hydrogen-bond donors (Lipinski definition) is 1. The number of hydrogen-bond acceptors (Lipinski definition) is 4. The van der Waals surface area contributed by atoms with Crippen molar-refractivity contribution < 1.29 is 19.2 Å². The average molecular weight is 397 g/mol. The Labute approximate surface area is 170 Å². The topological polar surface area (TPSA) is 86.8 Å². The molecule has 1 N–H and O–H groups in total. The minimum absolute atomic E-state index is 0.248. The molecule has 3 aliphatic rings. The Hall–Kier alpha value is -2.70. The lowest BCUT2D eigenvalue weighted by Crippen LogP contribution is -2.45. The van der Waals surface area contributed by atoms with Gasteiger partial charge in [-0.3, -0.25) is 19.3 Å². The highest BCUT2D eigenvalue weighted by Crippen LogP contribution is 2.50. The van der Waals surface area contributed by atoms with E-state index in [0.717, 1.165) is 40.2 Å². The minimum Gasteiger partial charge on any atom is -0.324 e. The van der Waals surface area contributed by atoms with Gasteiger partial charge in [0.2, 0.25) is 5.91 Å². The van der Waals surface area contributed by atoms with Crippen LogP contribution in [0.1, 0.15) is 43.7 Å². The highest BCUT2D eigenvalue weighted by Gasteiger charge is 2.52. The SMILES string of the molecule is Cc1ccc(C)c(NC(=O)CN2C(=O)C(=O)N([C@H](C)[C@H]3C[C@H]4CC[C@H]3C4)C2=O)c1. The summed E-state index contributed by atoms with van der Waals surface area (Å²) >= 11 is 0. The number of carbonyl (C=O) groups is 4. The Balaban J connectivity index is 1.45. The van der Waals surface area contributed by atoms with Gasteiger partial charge >= 0.3 is 17.8 Å². The first-order valence-corrected chi connectivity index (χ1v) is 10.3. The van der Waals surface area contributed by atoms with Crippen molar-refractivity contribution in [3.05, 3.63) is 29.3 Å². The number of rotatable bonds is 5. The number of imide groups is 2. The number of anilines is 1. The summed E-state index contributed by atoms with van der Waals surface area (Å²) in [7, 11) is 0. The smallest absolute Gasteiger partial charge is 0.324 e. The van der Waals surface area contributed by atoms with Crippen LogP contribution in [0.15, 0.2) is 18.2 Å². The van der Waals surface area contributed by atoms with Gasteiger partial charge in [0.1, 0.15) is 6.54 Å². The second kappa shape index (κ2) is 7.28. The molecule has 1 aromatic carbocycles. The molecule has 2 aliphatic carbocycles. The van der Waals surface area contributed by atoms with Crippen molar-refractivity contribution in [1.82, 2.24) is 9.80 Å². The Morgan fingerprint density at radius 3 is 2.55 bits per heavy atom. The number of nitrogens with one attached hydrogen (secondary N) is 1. The van der Waals surface area contributed by atoms with Crippen molar-refractivity contribution >= 4 is 29.4 Å². The van der Waals surface area contributed by atoms with E-state index in [9.17, 15) is 19.2 Å². The first kappa shape index (κ1) is 19.6. The van der Waals surface area contributed by atoms with Crippen LogP contribution in [0.5, 0.6) is 0 Å². The quantitative estimate of drug-likeness (QED) is 0.611. The van der Waals surface area contributed by atoms with Crippen molar-refractivity contribution in [1.29, 1.82) is 0 Å². The molecular weight excluding hydrogens is 370 g/mol. The molecule has 4 rings (SSSR count).